The first-order valence-corrected chi connectivity index (χ1v) is 12.5. The molecule has 1 amide bonds. The first kappa shape index (κ1) is 26.3. The average molecular weight is 560 g/mol. The lowest BCUT2D eigenvalue weighted by Gasteiger charge is -2.31. The number of rotatable bonds is 8. The monoisotopic (exact) mass is 559 g/mol. The number of aliphatic imine (C=N–C) groups is 1. The second kappa shape index (κ2) is 13.5. The summed E-state index contributed by atoms with van der Waals surface area (Å²) in [7, 11) is 0. The zero-order valence-corrected chi connectivity index (χ0v) is 22.0. The fourth-order valence-corrected chi connectivity index (χ4v) is 5.28. The highest BCUT2D eigenvalue weighted by molar-refractivity contribution is 14.0. The van der Waals surface area contributed by atoms with Crippen LogP contribution in [0.25, 0.3) is 0 Å². The summed E-state index contributed by atoms with van der Waals surface area (Å²) in [6, 6.07) is 9.16. The van der Waals surface area contributed by atoms with E-state index in [4.69, 9.17) is 10.7 Å². The Morgan fingerprint density at radius 1 is 1.29 bits per heavy atom. The Balaban J connectivity index is 0.00000341. The van der Waals surface area contributed by atoms with Gasteiger partial charge in [0.05, 0.1) is 12.5 Å². The number of benzene rings is 1. The number of nitrogens with zero attached hydrogens (tertiary/aromatic N) is 2. The minimum Gasteiger partial charge on any atom is -0.369 e. The van der Waals surface area contributed by atoms with E-state index in [0.717, 1.165) is 50.2 Å². The number of likely N-dealkylation sites (tertiary alicyclic amines) is 1. The Morgan fingerprint density at radius 2 is 2.10 bits per heavy atom. The van der Waals surface area contributed by atoms with Crippen molar-refractivity contribution in [1.29, 1.82) is 0 Å². The van der Waals surface area contributed by atoms with Crippen molar-refractivity contribution in [2.45, 2.75) is 63.4 Å². The summed E-state index contributed by atoms with van der Waals surface area (Å²) in [5, 5.41) is 7.78. The van der Waals surface area contributed by atoms with Gasteiger partial charge in [0.15, 0.2) is 5.96 Å². The molecule has 1 aromatic rings. The van der Waals surface area contributed by atoms with Crippen LogP contribution in [0.1, 0.15) is 50.2 Å². The molecule has 1 aliphatic heterocycles. The van der Waals surface area contributed by atoms with Crippen LogP contribution in [0.4, 0.5) is 0 Å². The number of hydrogen-bond acceptors (Lipinski definition) is 4. The predicted molar refractivity (Wildman–Crippen MR) is 142 cm³/mol. The molecule has 1 aromatic carbocycles. The first-order valence-electron chi connectivity index (χ1n) is 11.2. The van der Waals surface area contributed by atoms with Gasteiger partial charge in [0, 0.05) is 30.9 Å². The summed E-state index contributed by atoms with van der Waals surface area (Å²) < 4.78 is 0. The lowest BCUT2D eigenvalue weighted by atomic mass is 9.97. The predicted octanol–water partition coefficient (Wildman–Crippen LogP) is 3.34. The van der Waals surface area contributed by atoms with Crippen molar-refractivity contribution < 1.29 is 4.79 Å². The molecule has 2 aliphatic rings. The minimum absolute atomic E-state index is 0. The molecule has 3 atom stereocenters. The van der Waals surface area contributed by atoms with Crippen molar-refractivity contribution >= 4 is 47.6 Å². The Kier molecular flexibility index (Phi) is 11.5. The van der Waals surface area contributed by atoms with E-state index in [2.05, 4.69) is 53.0 Å². The van der Waals surface area contributed by atoms with Crippen LogP contribution in [0.2, 0.25) is 0 Å². The first-order chi connectivity index (χ1) is 14.6. The summed E-state index contributed by atoms with van der Waals surface area (Å²) in [6.07, 6.45) is 7.87. The van der Waals surface area contributed by atoms with Crippen molar-refractivity contribution in [3.8, 4) is 0 Å². The summed E-state index contributed by atoms with van der Waals surface area (Å²) in [5.41, 5.74) is 8.00. The maximum absolute atomic E-state index is 11.5. The van der Waals surface area contributed by atoms with E-state index in [0.29, 0.717) is 12.6 Å². The normalized spacial score (nSPS) is 24.5. The Bertz CT molecular complexity index is 732. The van der Waals surface area contributed by atoms with Crippen molar-refractivity contribution in [1.82, 2.24) is 15.5 Å². The molecular weight excluding hydrogens is 521 g/mol. The highest BCUT2D eigenvalue weighted by atomic mass is 127. The number of piperidine rings is 1. The Hall–Kier alpha value is -1.00. The molecule has 31 heavy (non-hydrogen) atoms. The van der Waals surface area contributed by atoms with Gasteiger partial charge in [-0.15, -0.1) is 24.0 Å². The average Bonchev–Trinajstić information content (AvgIpc) is 3.20. The van der Waals surface area contributed by atoms with Gasteiger partial charge in [-0.25, -0.2) is 4.99 Å². The fourth-order valence-electron chi connectivity index (χ4n) is 4.48. The molecule has 0 radical (unpaired) electrons. The van der Waals surface area contributed by atoms with Crippen LogP contribution in [-0.4, -0.2) is 53.9 Å². The number of nitrogens with two attached hydrogens (primary N) is 1. The van der Waals surface area contributed by atoms with Crippen LogP contribution in [0.15, 0.2) is 29.3 Å². The molecule has 8 heteroatoms. The van der Waals surface area contributed by atoms with Crippen molar-refractivity contribution in [2.75, 3.05) is 25.9 Å². The molecule has 1 heterocycles. The molecule has 6 nitrogen and oxygen atoms in total. The van der Waals surface area contributed by atoms with Crippen LogP contribution >= 0.6 is 35.7 Å². The van der Waals surface area contributed by atoms with Gasteiger partial charge in [0.25, 0.3) is 0 Å². The minimum atomic E-state index is -0.169. The second-order valence-corrected chi connectivity index (χ2v) is 9.64. The van der Waals surface area contributed by atoms with Gasteiger partial charge >= 0.3 is 0 Å². The highest BCUT2D eigenvalue weighted by Gasteiger charge is 2.25. The van der Waals surface area contributed by atoms with Gasteiger partial charge in [-0.1, -0.05) is 24.3 Å². The van der Waals surface area contributed by atoms with E-state index in [9.17, 15) is 4.79 Å². The quantitative estimate of drug-likeness (QED) is 0.259. The van der Waals surface area contributed by atoms with Crippen LogP contribution in [-0.2, 0) is 17.9 Å². The van der Waals surface area contributed by atoms with E-state index < -0.39 is 0 Å². The Labute approximate surface area is 208 Å². The molecule has 3 rings (SSSR count). The zero-order valence-electron chi connectivity index (χ0n) is 18.8. The molecule has 1 aliphatic carbocycles. The maximum atomic E-state index is 11.5. The van der Waals surface area contributed by atoms with E-state index in [1.165, 1.54) is 30.4 Å². The maximum Gasteiger partial charge on any atom is 0.221 e. The van der Waals surface area contributed by atoms with Crippen molar-refractivity contribution in [3.05, 3.63) is 35.4 Å². The molecule has 3 unspecified atom stereocenters. The molecule has 0 spiro atoms. The van der Waals surface area contributed by atoms with E-state index in [-0.39, 0.29) is 35.8 Å². The molecule has 0 aromatic heterocycles. The molecule has 174 valence electrons. The van der Waals surface area contributed by atoms with Crippen LogP contribution in [0.3, 0.4) is 0 Å². The number of hydrogen-bond donors (Lipinski definition) is 3. The summed E-state index contributed by atoms with van der Waals surface area (Å²) in [5.74, 6) is 0.730. The number of halogens is 1. The van der Waals surface area contributed by atoms with Gasteiger partial charge < -0.3 is 16.4 Å². The topological polar surface area (TPSA) is 82.8 Å². The molecular formula is C23H38IN5OS. The third-order valence-corrected chi connectivity index (χ3v) is 7.22. The lowest BCUT2D eigenvalue weighted by molar-refractivity contribution is -0.123. The second-order valence-electron chi connectivity index (χ2n) is 8.50. The standard InChI is InChI=1S/C23H37N5OS.HI/c1-3-25-23(27-20-9-10-21(13-20)30-2)26-14-17-6-4-7-18(12-17)15-28-11-5-8-19(16-28)22(24)29;/h4,6-7,12,19-21H,3,5,8-11,13-16H2,1-2H3,(H2,24,29)(H2,25,26,27);1H. The number of primary amides is 1. The van der Waals surface area contributed by atoms with Crippen molar-refractivity contribution in [3.63, 3.8) is 0 Å². The number of carbonyl (C=O) groups excluding carboxylic acids is 1. The van der Waals surface area contributed by atoms with Gasteiger partial charge in [-0.2, -0.15) is 11.8 Å². The fraction of sp³-hybridized carbons (Fsp3) is 0.652. The van der Waals surface area contributed by atoms with Gasteiger partial charge in [0.2, 0.25) is 5.91 Å². The highest BCUT2D eigenvalue weighted by Crippen LogP contribution is 2.28. The van der Waals surface area contributed by atoms with Crippen LogP contribution < -0.4 is 16.4 Å². The van der Waals surface area contributed by atoms with E-state index >= 15 is 0 Å². The van der Waals surface area contributed by atoms with Crippen molar-refractivity contribution in [2.24, 2.45) is 16.6 Å². The number of guanidine groups is 1. The summed E-state index contributed by atoms with van der Waals surface area (Å²) >= 11 is 1.97. The molecule has 1 saturated heterocycles. The molecule has 1 saturated carbocycles. The third-order valence-electron chi connectivity index (χ3n) is 6.13. The number of thioether (sulfide) groups is 1. The third kappa shape index (κ3) is 8.46. The van der Waals surface area contributed by atoms with Gasteiger partial charge in [0.1, 0.15) is 0 Å². The van der Waals surface area contributed by atoms with Gasteiger partial charge in [-0.05, 0) is 63.0 Å². The van der Waals surface area contributed by atoms with E-state index in [1.54, 1.807) is 0 Å². The summed E-state index contributed by atoms with van der Waals surface area (Å²) in [4.78, 5) is 18.7. The summed E-state index contributed by atoms with van der Waals surface area (Å²) in [6.45, 7) is 6.28. The molecule has 2 fully saturated rings. The smallest absolute Gasteiger partial charge is 0.221 e. The number of carbonyl (C=O) groups is 1. The lowest BCUT2D eigenvalue weighted by Crippen LogP contribution is -2.42. The van der Waals surface area contributed by atoms with E-state index in [1.807, 2.05) is 11.8 Å². The Morgan fingerprint density at radius 3 is 2.81 bits per heavy atom. The molecule has 4 N–H and O–H groups in total. The largest absolute Gasteiger partial charge is 0.369 e. The number of nitrogens with one attached hydrogen (secondary N) is 2. The number of amides is 1. The SMILES string of the molecule is CCNC(=NCc1cccc(CN2CCCC(C(N)=O)C2)c1)NC1CCC(SC)C1.I. The van der Waals surface area contributed by atoms with Crippen LogP contribution in [0.5, 0.6) is 0 Å². The zero-order chi connectivity index (χ0) is 21.3. The molecule has 0 bridgehead atoms. The van der Waals surface area contributed by atoms with Crippen LogP contribution in [0, 0.1) is 5.92 Å². The van der Waals surface area contributed by atoms with Gasteiger partial charge in [-0.3, -0.25) is 9.69 Å².